The van der Waals surface area contributed by atoms with E-state index in [2.05, 4.69) is 0 Å². The number of hydrogen-bond donors (Lipinski definition) is 0. The Hall–Kier alpha value is -3.80. The minimum atomic E-state index is -0.674. The van der Waals surface area contributed by atoms with Crippen LogP contribution >= 0.6 is 0 Å². The van der Waals surface area contributed by atoms with E-state index in [0.29, 0.717) is 17.2 Å². The van der Waals surface area contributed by atoms with Crippen LogP contribution < -0.4 is 9.64 Å². The molecule has 0 spiro atoms. The number of benzene rings is 2. The summed E-state index contributed by atoms with van der Waals surface area (Å²) in [6.07, 6.45) is 6.54. The van der Waals surface area contributed by atoms with Gasteiger partial charge in [-0.05, 0) is 48.9 Å². The van der Waals surface area contributed by atoms with Crippen LogP contribution in [-0.2, 0) is 19.1 Å². The number of carbonyl (C=O) groups is 2. The van der Waals surface area contributed by atoms with Gasteiger partial charge in [-0.3, -0.25) is 0 Å². The van der Waals surface area contributed by atoms with Crippen LogP contribution in [-0.4, -0.2) is 26.2 Å². The van der Waals surface area contributed by atoms with Crippen LogP contribution in [0.25, 0.3) is 0 Å². The number of allylic oxidation sites excluding steroid dienone is 2. The van der Waals surface area contributed by atoms with Crippen molar-refractivity contribution < 1.29 is 23.8 Å². The molecule has 0 saturated heterocycles. The highest BCUT2D eigenvalue weighted by Crippen LogP contribution is 2.36. The molecule has 1 heterocycles. The standard InChI is InChI=1S/C23H21NO5/c1-16-9-8-10-17(15-16)29-20-13-5-4-12-19(20)24-14-7-6-11-18(22(25)27-2)21(24)23(26)28-3/h4-15H,1-3H3. The minimum Gasteiger partial charge on any atom is -0.465 e. The van der Waals surface area contributed by atoms with Crippen LogP contribution in [0.4, 0.5) is 5.69 Å². The first kappa shape index (κ1) is 19.9. The third-order valence-corrected chi connectivity index (χ3v) is 4.23. The first-order valence-electron chi connectivity index (χ1n) is 8.93. The molecule has 1 aliphatic rings. The predicted molar refractivity (Wildman–Crippen MR) is 110 cm³/mol. The third kappa shape index (κ3) is 4.38. The molecule has 0 radical (unpaired) electrons. The van der Waals surface area contributed by atoms with Crippen LogP contribution in [0.3, 0.4) is 0 Å². The van der Waals surface area contributed by atoms with Gasteiger partial charge in [0, 0.05) is 6.20 Å². The summed E-state index contributed by atoms with van der Waals surface area (Å²) in [4.78, 5) is 26.5. The quantitative estimate of drug-likeness (QED) is 0.709. The van der Waals surface area contributed by atoms with E-state index in [-0.39, 0.29) is 11.3 Å². The highest BCUT2D eigenvalue weighted by Gasteiger charge is 2.28. The molecule has 6 nitrogen and oxygen atoms in total. The molecular formula is C23H21NO5. The van der Waals surface area contributed by atoms with E-state index >= 15 is 0 Å². The van der Waals surface area contributed by atoms with Gasteiger partial charge >= 0.3 is 11.9 Å². The maximum atomic E-state index is 12.6. The number of aryl methyl sites for hydroxylation is 1. The number of anilines is 1. The van der Waals surface area contributed by atoms with Crippen LogP contribution in [0.2, 0.25) is 0 Å². The van der Waals surface area contributed by atoms with Crippen molar-refractivity contribution in [1.82, 2.24) is 0 Å². The number of esters is 2. The van der Waals surface area contributed by atoms with Crippen molar-refractivity contribution in [3.8, 4) is 11.5 Å². The molecule has 0 aromatic heterocycles. The number of nitrogens with zero attached hydrogens (tertiary/aromatic N) is 1. The molecule has 0 unspecified atom stereocenters. The van der Waals surface area contributed by atoms with Gasteiger partial charge in [-0.2, -0.15) is 0 Å². The van der Waals surface area contributed by atoms with Crippen molar-refractivity contribution in [2.75, 3.05) is 19.1 Å². The summed E-state index contributed by atoms with van der Waals surface area (Å²) in [5, 5.41) is 0. The average Bonchev–Trinajstić information content (AvgIpc) is 2.96. The lowest BCUT2D eigenvalue weighted by molar-refractivity contribution is -0.139. The van der Waals surface area contributed by atoms with E-state index < -0.39 is 11.9 Å². The lowest BCUT2D eigenvalue weighted by atomic mass is 10.1. The Kier molecular flexibility index (Phi) is 6.14. The largest absolute Gasteiger partial charge is 0.465 e. The van der Waals surface area contributed by atoms with E-state index in [4.69, 9.17) is 14.2 Å². The molecule has 0 fully saturated rings. The molecular weight excluding hydrogens is 370 g/mol. The third-order valence-electron chi connectivity index (χ3n) is 4.23. The number of rotatable bonds is 5. The van der Waals surface area contributed by atoms with Gasteiger partial charge in [0.05, 0.1) is 25.5 Å². The fourth-order valence-electron chi connectivity index (χ4n) is 2.90. The molecule has 0 N–H and O–H groups in total. The Labute approximate surface area is 169 Å². The highest BCUT2D eigenvalue weighted by molar-refractivity contribution is 6.05. The number of hydrogen-bond acceptors (Lipinski definition) is 6. The molecule has 2 aromatic carbocycles. The van der Waals surface area contributed by atoms with E-state index in [0.717, 1.165) is 5.56 Å². The topological polar surface area (TPSA) is 65.1 Å². The normalized spacial score (nSPS) is 13.1. The Bertz CT molecular complexity index is 1020. The minimum absolute atomic E-state index is 0.0321. The van der Waals surface area contributed by atoms with Gasteiger partial charge < -0.3 is 19.1 Å². The molecule has 0 amide bonds. The maximum absolute atomic E-state index is 12.6. The zero-order valence-electron chi connectivity index (χ0n) is 16.4. The first-order valence-corrected chi connectivity index (χ1v) is 8.93. The van der Waals surface area contributed by atoms with Crippen molar-refractivity contribution >= 4 is 17.6 Å². The van der Waals surface area contributed by atoms with Gasteiger partial charge in [0.25, 0.3) is 0 Å². The Balaban J connectivity index is 2.13. The van der Waals surface area contributed by atoms with E-state index in [9.17, 15) is 9.59 Å². The van der Waals surface area contributed by atoms with E-state index in [1.165, 1.54) is 20.3 Å². The molecule has 29 heavy (non-hydrogen) atoms. The Morgan fingerprint density at radius 3 is 2.38 bits per heavy atom. The van der Waals surface area contributed by atoms with Gasteiger partial charge in [0.2, 0.25) is 0 Å². The molecule has 3 rings (SSSR count). The zero-order valence-corrected chi connectivity index (χ0v) is 16.4. The van der Waals surface area contributed by atoms with Crippen molar-refractivity contribution in [2.24, 2.45) is 0 Å². The highest BCUT2D eigenvalue weighted by atomic mass is 16.5. The monoisotopic (exact) mass is 391 g/mol. The average molecular weight is 391 g/mol. The number of methoxy groups -OCH3 is 2. The summed E-state index contributed by atoms with van der Waals surface area (Å²) in [6.45, 7) is 1.97. The number of ether oxygens (including phenoxy) is 3. The summed E-state index contributed by atoms with van der Waals surface area (Å²) < 4.78 is 15.9. The summed E-state index contributed by atoms with van der Waals surface area (Å²) in [5.41, 5.74) is 1.73. The van der Waals surface area contributed by atoms with Crippen LogP contribution in [0, 0.1) is 6.92 Å². The van der Waals surface area contributed by atoms with Crippen molar-refractivity contribution in [3.05, 3.63) is 89.8 Å². The number of carbonyl (C=O) groups excluding carboxylic acids is 2. The molecule has 0 atom stereocenters. The van der Waals surface area contributed by atoms with Gasteiger partial charge in [0.15, 0.2) is 5.75 Å². The summed E-state index contributed by atoms with van der Waals surface area (Å²) >= 11 is 0. The van der Waals surface area contributed by atoms with E-state index in [1.807, 2.05) is 43.3 Å². The van der Waals surface area contributed by atoms with Crippen LogP contribution in [0.5, 0.6) is 11.5 Å². The summed E-state index contributed by atoms with van der Waals surface area (Å²) in [6, 6.07) is 14.9. The van der Waals surface area contributed by atoms with Crippen LogP contribution in [0.1, 0.15) is 5.56 Å². The Morgan fingerprint density at radius 2 is 1.66 bits per heavy atom. The molecule has 148 valence electrons. The molecule has 0 bridgehead atoms. The number of para-hydroxylation sites is 2. The Morgan fingerprint density at radius 1 is 0.897 bits per heavy atom. The second-order valence-corrected chi connectivity index (χ2v) is 6.20. The van der Waals surface area contributed by atoms with Gasteiger partial charge in [-0.1, -0.05) is 30.3 Å². The molecule has 1 aliphatic heterocycles. The SMILES string of the molecule is COC(=O)C1=C(C(=O)OC)N(c2ccccc2Oc2cccc(C)c2)C=CC=C1. The van der Waals surface area contributed by atoms with Crippen molar-refractivity contribution in [2.45, 2.75) is 6.92 Å². The summed E-state index contributed by atoms with van der Waals surface area (Å²) in [7, 11) is 2.52. The second kappa shape index (κ2) is 8.93. The van der Waals surface area contributed by atoms with Crippen LogP contribution in [0.15, 0.2) is 84.2 Å². The fraction of sp³-hybridized carbons (Fsp3) is 0.130. The molecule has 2 aromatic rings. The molecule has 6 heteroatoms. The van der Waals surface area contributed by atoms with Crippen molar-refractivity contribution in [3.63, 3.8) is 0 Å². The fourth-order valence-corrected chi connectivity index (χ4v) is 2.90. The smallest absolute Gasteiger partial charge is 0.355 e. The second-order valence-electron chi connectivity index (χ2n) is 6.20. The van der Waals surface area contributed by atoms with Gasteiger partial charge in [-0.25, -0.2) is 9.59 Å². The molecule has 0 aliphatic carbocycles. The lowest BCUT2D eigenvalue weighted by Gasteiger charge is -2.25. The summed E-state index contributed by atoms with van der Waals surface area (Å²) in [5.74, 6) is -0.152. The zero-order chi connectivity index (χ0) is 20.8. The van der Waals surface area contributed by atoms with Gasteiger partial charge in [-0.15, -0.1) is 0 Å². The predicted octanol–water partition coefficient (Wildman–Crippen LogP) is 4.28. The lowest BCUT2D eigenvalue weighted by Crippen LogP contribution is -2.27. The van der Waals surface area contributed by atoms with Crippen molar-refractivity contribution in [1.29, 1.82) is 0 Å². The van der Waals surface area contributed by atoms with E-state index in [1.54, 1.807) is 35.4 Å². The first-order chi connectivity index (χ1) is 14.0. The van der Waals surface area contributed by atoms with Gasteiger partial charge in [0.1, 0.15) is 11.4 Å². The molecule has 0 saturated carbocycles. The maximum Gasteiger partial charge on any atom is 0.355 e.